The van der Waals surface area contributed by atoms with E-state index in [1.807, 2.05) is 61.5 Å². The first-order valence-corrected chi connectivity index (χ1v) is 13.1. The van der Waals surface area contributed by atoms with Crippen LogP contribution in [0, 0.1) is 0 Å². The van der Waals surface area contributed by atoms with E-state index in [1.165, 1.54) is 11.8 Å². The number of hydrogen-bond donors (Lipinski definition) is 1. The van der Waals surface area contributed by atoms with Crippen LogP contribution in [0.1, 0.15) is 6.92 Å². The highest BCUT2D eigenvalue weighted by Gasteiger charge is 2.21. The number of fused-ring (bicyclic) bond motifs is 4. The molecule has 0 fully saturated rings. The number of methoxy groups -OCH3 is 1. The summed E-state index contributed by atoms with van der Waals surface area (Å²) >= 11 is 3.03. The minimum Gasteiger partial charge on any atom is -0.495 e. The van der Waals surface area contributed by atoms with Crippen LogP contribution in [0.4, 0.5) is 5.69 Å². The van der Waals surface area contributed by atoms with E-state index in [4.69, 9.17) is 9.15 Å². The van der Waals surface area contributed by atoms with E-state index in [2.05, 4.69) is 33.5 Å². The Morgan fingerprint density at radius 1 is 0.972 bits per heavy atom. The summed E-state index contributed by atoms with van der Waals surface area (Å²) in [7, 11) is 1.59. The van der Waals surface area contributed by atoms with Gasteiger partial charge < -0.3 is 14.5 Å². The molecule has 3 aromatic heterocycles. The van der Waals surface area contributed by atoms with Gasteiger partial charge in [-0.3, -0.25) is 4.79 Å². The Bertz CT molecular complexity index is 1730. The average molecular weight is 512 g/mol. The SMILES string of the molecule is COc1cc2c(cc1NC(=O)[C@H](C)Sc1ncnc3sc(-c4ccccc4)cc13)oc1ccccc12. The van der Waals surface area contributed by atoms with Crippen LogP contribution in [0.5, 0.6) is 5.75 Å². The Hall–Kier alpha value is -3.88. The van der Waals surface area contributed by atoms with Crippen molar-refractivity contribution in [1.29, 1.82) is 0 Å². The van der Waals surface area contributed by atoms with Crippen molar-refractivity contribution in [2.24, 2.45) is 0 Å². The maximum atomic E-state index is 13.2. The summed E-state index contributed by atoms with van der Waals surface area (Å²) in [4.78, 5) is 24.1. The quantitative estimate of drug-likeness (QED) is 0.186. The van der Waals surface area contributed by atoms with E-state index in [0.29, 0.717) is 17.0 Å². The summed E-state index contributed by atoms with van der Waals surface area (Å²) in [5.74, 6) is 0.424. The molecule has 3 heterocycles. The third-order valence-corrected chi connectivity index (χ3v) is 8.17. The number of nitrogens with one attached hydrogen (secondary N) is 1. The van der Waals surface area contributed by atoms with E-state index in [1.54, 1.807) is 24.8 Å². The van der Waals surface area contributed by atoms with Crippen molar-refractivity contribution in [1.82, 2.24) is 9.97 Å². The standard InChI is InChI=1S/C28H21N3O3S2/c1-16(35-27-20-13-25(17-8-4-3-5-9-17)36-28(20)30-15-29-27)26(32)31-21-14-23-19(12-24(21)33-2)18-10-6-7-11-22(18)34-23/h3-16H,1-2H3,(H,31,32)/t16-/m0/s1. The van der Waals surface area contributed by atoms with Crippen molar-refractivity contribution in [2.45, 2.75) is 17.2 Å². The Morgan fingerprint density at radius 2 is 1.78 bits per heavy atom. The Kier molecular flexibility index (Phi) is 5.83. The third-order valence-electron chi connectivity index (χ3n) is 5.97. The van der Waals surface area contributed by atoms with Crippen LogP contribution in [-0.2, 0) is 4.79 Å². The first kappa shape index (κ1) is 22.6. The topological polar surface area (TPSA) is 77.2 Å². The van der Waals surface area contributed by atoms with Crippen molar-refractivity contribution >= 4 is 66.8 Å². The summed E-state index contributed by atoms with van der Waals surface area (Å²) in [6.07, 6.45) is 1.55. The highest BCUT2D eigenvalue weighted by Crippen LogP contribution is 2.39. The molecule has 0 unspecified atom stereocenters. The van der Waals surface area contributed by atoms with E-state index < -0.39 is 5.25 Å². The lowest BCUT2D eigenvalue weighted by Crippen LogP contribution is -2.22. The number of aromatic nitrogens is 2. The summed E-state index contributed by atoms with van der Waals surface area (Å²) in [6, 6.07) is 23.8. The second-order valence-corrected chi connectivity index (χ2v) is 10.6. The number of benzene rings is 3. The Balaban J connectivity index is 1.26. The first-order chi connectivity index (χ1) is 17.6. The van der Waals surface area contributed by atoms with E-state index in [9.17, 15) is 4.79 Å². The highest BCUT2D eigenvalue weighted by atomic mass is 32.2. The number of anilines is 1. The van der Waals surface area contributed by atoms with E-state index in [-0.39, 0.29) is 5.91 Å². The number of rotatable bonds is 6. The minimum atomic E-state index is -0.403. The number of furan rings is 1. The fraction of sp³-hybridized carbons (Fsp3) is 0.107. The van der Waals surface area contributed by atoms with Crippen LogP contribution in [-0.4, -0.2) is 28.2 Å². The molecule has 0 aliphatic carbocycles. The number of hydrogen-bond acceptors (Lipinski definition) is 7. The zero-order valence-corrected chi connectivity index (χ0v) is 21.2. The largest absolute Gasteiger partial charge is 0.495 e. The van der Waals surface area contributed by atoms with Gasteiger partial charge in [0.25, 0.3) is 0 Å². The molecule has 0 aliphatic rings. The molecule has 6 aromatic rings. The zero-order chi connectivity index (χ0) is 24.6. The number of carbonyl (C=O) groups excluding carboxylic acids is 1. The number of nitrogens with zero attached hydrogens (tertiary/aromatic N) is 2. The van der Waals surface area contributed by atoms with Crippen LogP contribution in [0.3, 0.4) is 0 Å². The summed E-state index contributed by atoms with van der Waals surface area (Å²) < 4.78 is 11.6. The zero-order valence-electron chi connectivity index (χ0n) is 19.5. The number of carbonyl (C=O) groups is 1. The second kappa shape index (κ2) is 9.29. The lowest BCUT2D eigenvalue weighted by atomic mass is 10.1. The molecule has 178 valence electrons. The van der Waals surface area contributed by atoms with Crippen LogP contribution >= 0.6 is 23.1 Å². The smallest absolute Gasteiger partial charge is 0.237 e. The second-order valence-electron chi connectivity index (χ2n) is 8.27. The first-order valence-electron chi connectivity index (χ1n) is 11.4. The molecular formula is C28H21N3O3S2. The van der Waals surface area contributed by atoms with Crippen molar-refractivity contribution in [3.8, 4) is 16.2 Å². The molecule has 0 bridgehead atoms. The molecule has 6 rings (SSSR count). The number of amides is 1. The fourth-order valence-electron chi connectivity index (χ4n) is 4.15. The number of ether oxygens (including phenoxy) is 1. The van der Waals surface area contributed by atoms with Crippen LogP contribution < -0.4 is 10.1 Å². The molecule has 6 nitrogen and oxygen atoms in total. The predicted octanol–water partition coefficient (Wildman–Crippen LogP) is 7.39. The van der Waals surface area contributed by atoms with Crippen molar-refractivity contribution in [3.63, 3.8) is 0 Å². The normalized spacial score (nSPS) is 12.3. The minimum absolute atomic E-state index is 0.154. The molecular weight excluding hydrogens is 490 g/mol. The van der Waals surface area contributed by atoms with Gasteiger partial charge in [0, 0.05) is 27.1 Å². The van der Waals surface area contributed by atoms with E-state index in [0.717, 1.165) is 42.0 Å². The molecule has 0 saturated heterocycles. The van der Waals surface area contributed by atoms with Crippen LogP contribution in [0.15, 0.2) is 88.6 Å². The Labute approximate surface area is 215 Å². The van der Waals surface area contributed by atoms with Crippen LogP contribution in [0.2, 0.25) is 0 Å². The number of thioether (sulfide) groups is 1. The van der Waals surface area contributed by atoms with E-state index >= 15 is 0 Å². The van der Waals surface area contributed by atoms with Gasteiger partial charge in [-0.1, -0.05) is 60.3 Å². The molecule has 3 aromatic carbocycles. The van der Waals surface area contributed by atoms with Crippen molar-refractivity contribution in [3.05, 3.63) is 79.1 Å². The lowest BCUT2D eigenvalue weighted by molar-refractivity contribution is -0.115. The monoisotopic (exact) mass is 511 g/mol. The molecule has 1 N–H and O–H groups in total. The maximum absolute atomic E-state index is 13.2. The third kappa shape index (κ3) is 4.08. The fourth-order valence-corrected chi connectivity index (χ4v) is 6.11. The van der Waals surface area contributed by atoms with Gasteiger partial charge in [-0.2, -0.15) is 0 Å². The van der Waals surface area contributed by atoms with Crippen molar-refractivity contribution < 1.29 is 13.9 Å². The highest BCUT2D eigenvalue weighted by molar-refractivity contribution is 8.00. The van der Waals surface area contributed by atoms with Gasteiger partial charge in [-0.15, -0.1) is 11.3 Å². The summed E-state index contributed by atoms with van der Waals surface area (Å²) in [5.41, 5.74) is 3.18. The van der Waals surface area contributed by atoms with Gasteiger partial charge in [0.05, 0.1) is 18.0 Å². The van der Waals surface area contributed by atoms with Crippen LogP contribution in [0.25, 0.3) is 42.6 Å². The molecule has 1 atom stereocenters. The van der Waals surface area contributed by atoms with Gasteiger partial charge in [0.15, 0.2) is 0 Å². The average Bonchev–Trinajstić information content (AvgIpc) is 3.50. The lowest BCUT2D eigenvalue weighted by Gasteiger charge is -2.14. The molecule has 1 amide bonds. The molecule has 36 heavy (non-hydrogen) atoms. The maximum Gasteiger partial charge on any atom is 0.237 e. The van der Waals surface area contributed by atoms with Crippen molar-refractivity contribution in [2.75, 3.05) is 12.4 Å². The van der Waals surface area contributed by atoms with Gasteiger partial charge >= 0.3 is 0 Å². The van der Waals surface area contributed by atoms with Gasteiger partial charge in [0.1, 0.15) is 33.1 Å². The molecule has 0 aliphatic heterocycles. The summed E-state index contributed by atoms with van der Waals surface area (Å²) in [6.45, 7) is 1.87. The molecule has 0 radical (unpaired) electrons. The molecule has 8 heteroatoms. The van der Waals surface area contributed by atoms with Gasteiger partial charge in [0.2, 0.25) is 5.91 Å². The Morgan fingerprint density at radius 3 is 2.61 bits per heavy atom. The number of thiophene rings is 1. The number of para-hydroxylation sites is 1. The summed E-state index contributed by atoms with van der Waals surface area (Å²) in [5, 5.41) is 6.29. The van der Waals surface area contributed by atoms with Gasteiger partial charge in [-0.05, 0) is 30.7 Å². The van der Waals surface area contributed by atoms with Gasteiger partial charge in [-0.25, -0.2) is 9.97 Å². The predicted molar refractivity (Wildman–Crippen MR) is 147 cm³/mol. The molecule has 0 spiro atoms. The molecule has 0 saturated carbocycles.